The van der Waals surface area contributed by atoms with Crippen molar-refractivity contribution in [2.24, 2.45) is 17.3 Å². The average Bonchev–Trinajstić information content (AvgIpc) is 2.37. The molecule has 0 saturated heterocycles. The molecule has 0 aromatic heterocycles. The number of hydrogen-bond acceptors (Lipinski definition) is 2. The van der Waals surface area contributed by atoms with Gasteiger partial charge in [0.05, 0.1) is 5.60 Å². The molecular weight excluding hydrogens is 200 g/mol. The van der Waals surface area contributed by atoms with Gasteiger partial charge in [0.25, 0.3) is 0 Å². The second-order valence-electron chi connectivity index (χ2n) is 6.45. The van der Waals surface area contributed by atoms with E-state index < -0.39 is 5.60 Å². The van der Waals surface area contributed by atoms with Gasteiger partial charge in [-0.25, -0.2) is 0 Å². The predicted molar refractivity (Wildman–Crippen MR) is 64.0 cm³/mol. The average molecular weight is 222 g/mol. The zero-order chi connectivity index (χ0) is 12.1. The monoisotopic (exact) mass is 222 g/mol. The molecule has 16 heavy (non-hydrogen) atoms. The molecule has 2 aliphatic carbocycles. The minimum Gasteiger partial charge on any atom is -0.390 e. The van der Waals surface area contributed by atoms with Gasteiger partial charge in [-0.05, 0) is 51.0 Å². The zero-order valence-electron chi connectivity index (χ0n) is 10.7. The summed E-state index contributed by atoms with van der Waals surface area (Å²) in [6.45, 7) is 7.96. The molecular formula is C14H22O2. The maximum absolute atomic E-state index is 12.0. The van der Waals surface area contributed by atoms with E-state index in [1.165, 1.54) is 5.57 Å². The minimum atomic E-state index is -0.596. The zero-order valence-corrected chi connectivity index (χ0v) is 10.7. The van der Waals surface area contributed by atoms with Crippen molar-refractivity contribution in [1.29, 1.82) is 0 Å². The molecule has 2 heteroatoms. The van der Waals surface area contributed by atoms with E-state index in [2.05, 4.69) is 0 Å². The van der Waals surface area contributed by atoms with Crippen LogP contribution in [-0.4, -0.2) is 16.5 Å². The lowest BCUT2D eigenvalue weighted by atomic mass is 9.74. The van der Waals surface area contributed by atoms with Gasteiger partial charge in [-0.2, -0.15) is 0 Å². The Kier molecular flexibility index (Phi) is 2.54. The third-order valence-corrected chi connectivity index (χ3v) is 4.59. The lowest BCUT2D eigenvalue weighted by Gasteiger charge is -2.33. The van der Waals surface area contributed by atoms with Gasteiger partial charge in [0, 0.05) is 5.41 Å². The fraction of sp³-hybridized carbons (Fsp3) is 0.786. The molecule has 1 N–H and O–H groups in total. The Bertz CT molecular complexity index is 350. The van der Waals surface area contributed by atoms with E-state index in [1.54, 1.807) is 0 Å². The topological polar surface area (TPSA) is 37.3 Å². The van der Waals surface area contributed by atoms with E-state index in [-0.39, 0.29) is 17.1 Å². The van der Waals surface area contributed by atoms with Crippen LogP contribution in [0.15, 0.2) is 11.6 Å². The Hall–Kier alpha value is -0.630. The lowest BCUT2D eigenvalue weighted by Crippen LogP contribution is -2.36. The van der Waals surface area contributed by atoms with Crippen molar-refractivity contribution in [2.75, 3.05) is 0 Å². The summed E-state index contributed by atoms with van der Waals surface area (Å²) in [6.07, 6.45) is 4.49. The van der Waals surface area contributed by atoms with Crippen molar-refractivity contribution >= 4 is 5.78 Å². The van der Waals surface area contributed by atoms with Crippen LogP contribution in [0, 0.1) is 17.3 Å². The van der Waals surface area contributed by atoms with Crippen LogP contribution in [0.3, 0.4) is 0 Å². The molecule has 1 fully saturated rings. The van der Waals surface area contributed by atoms with Crippen LogP contribution in [0.25, 0.3) is 0 Å². The summed E-state index contributed by atoms with van der Waals surface area (Å²) in [5.74, 6) is 0.862. The lowest BCUT2D eigenvalue weighted by molar-refractivity contribution is -0.123. The number of fused-ring (bicyclic) bond motifs is 1. The molecule has 2 rings (SSSR count). The Morgan fingerprint density at radius 2 is 2.00 bits per heavy atom. The van der Waals surface area contributed by atoms with Crippen molar-refractivity contribution in [3.05, 3.63) is 11.6 Å². The molecule has 2 aliphatic rings. The minimum absolute atomic E-state index is 0.218. The highest BCUT2D eigenvalue weighted by Gasteiger charge is 2.49. The van der Waals surface area contributed by atoms with Gasteiger partial charge in [0.1, 0.15) is 0 Å². The second-order valence-corrected chi connectivity index (χ2v) is 6.45. The normalized spacial score (nSPS) is 42.6. The first kappa shape index (κ1) is 11.8. The van der Waals surface area contributed by atoms with Crippen molar-refractivity contribution in [3.8, 4) is 0 Å². The number of ketones is 1. The molecule has 0 bridgehead atoms. The number of aliphatic hydroxyl groups is 1. The fourth-order valence-electron chi connectivity index (χ4n) is 3.33. The standard InChI is InChI=1S/C14H22O2/c1-9-7-12(15)13(2,3)8-11-10(9)5-6-14(11,4)16/h7,10-11,16H,5-6,8H2,1-4H3/t10-,11?,14?/m0/s1. The fourth-order valence-corrected chi connectivity index (χ4v) is 3.33. The van der Waals surface area contributed by atoms with Crippen LogP contribution < -0.4 is 0 Å². The Morgan fingerprint density at radius 3 is 2.62 bits per heavy atom. The molecule has 3 atom stereocenters. The van der Waals surface area contributed by atoms with Gasteiger partial charge in [0.15, 0.2) is 5.78 Å². The van der Waals surface area contributed by atoms with E-state index in [1.807, 2.05) is 33.8 Å². The number of carbonyl (C=O) groups is 1. The third kappa shape index (κ3) is 1.73. The quantitative estimate of drug-likeness (QED) is 0.684. The second kappa shape index (κ2) is 3.43. The van der Waals surface area contributed by atoms with E-state index in [0.717, 1.165) is 19.3 Å². The molecule has 2 unspecified atom stereocenters. The molecule has 0 spiro atoms. The van der Waals surface area contributed by atoms with Crippen LogP contribution >= 0.6 is 0 Å². The molecule has 0 aromatic carbocycles. The Balaban J connectivity index is 2.41. The van der Waals surface area contributed by atoms with Crippen LogP contribution in [0.5, 0.6) is 0 Å². The van der Waals surface area contributed by atoms with Crippen LogP contribution in [0.1, 0.15) is 47.0 Å². The highest BCUT2D eigenvalue weighted by atomic mass is 16.3. The molecule has 1 saturated carbocycles. The van der Waals surface area contributed by atoms with E-state index in [9.17, 15) is 9.90 Å². The largest absolute Gasteiger partial charge is 0.390 e. The first-order valence-electron chi connectivity index (χ1n) is 6.19. The molecule has 0 amide bonds. The predicted octanol–water partition coefficient (Wildman–Crippen LogP) is 2.71. The van der Waals surface area contributed by atoms with Gasteiger partial charge in [-0.3, -0.25) is 4.79 Å². The van der Waals surface area contributed by atoms with Crippen molar-refractivity contribution in [2.45, 2.75) is 52.6 Å². The SMILES string of the molecule is CC1=CC(=O)C(C)(C)CC2[C@H]1CCC2(C)O. The van der Waals surface area contributed by atoms with E-state index in [0.29, 0.717) is 5.92 Å². The number of rotatable bonds is 0. The van der Waals surface area contributed by atoms with Crippen molar-refractivity contribution < 1.29 is 9.90 Å². The summed E-state index contributed by atoms with van der Waals surface area (Å²) in [4.78, 5) is 12.0. The van der Waals surface area contributed by atoms with E-state index >= 15 is 0 Å². The third-order valence-electron chi connectivity index (χ3n) is 4.59. The highest BCUT2D eigenvalue weighted by Crippen LogP contribution is 2.50. The maximum Gasteiger partial charge on any atom is 0.161 e. The van der Waals surface area contributed by atoms with Crippen LogP contribution in [0.2, 0.25) is 0 Å². The molecule has 2 nitrogen and oxygen atoms in total. The summed E-state index contributed by atoms with van der Waals surface area (Å²) in [5, 5.41) is 10.4. The number of allylic oxidation sites excluding steroid dienone is 2. The van der Waals surface area contributed by atoms with Gasteiger partial charge in [0.2, 0.25) is 0 Å². The highest BCUT2D eigenvalue weighted by molar-refractivity contribution is 5.95. The smallest absolute Gasteiger partial charge is 0.161 e. The summed E-state index contributed by atoms with van der Waals surface area (Å²) in [5.41, 5.74) is 0.245. The van der Waals surface area contributed by atoms with Gasteiger partial charge >= 0.3 is 0 Å². The molecule has 0 radical (unpaired) electrons. The van der Waals surface area contributed by atoms with E-state index in [4.69, 9.17) is 0 Å². The van der Waals surface area contributed by atoms with Gasteiger partial charge in [-0.15, -0.1) is 0 Å². The van der Waals surface area contributed by atoms with Gasteiger partial charge in [-0.1, -0.05) is 19.4 Å². The summed E-state index contributed by atoms with van der Waals surface area (Å²) < 4.78 is 0. The number of hydrogen-bond donors (Lipinski definition) is 1. The maximum atomic E-state index is 12.0. The first-order chi connectivity index (χ1) is 7.24. The van der Waals surface area contributed by atoms with Crippen molar-refractivity contribution in [1.82, 2.24) is 0 Å². The number of carbonyl (C=O) groups excluding carboxylic acids is 1. The van der Waals surface area contributed by atoms with Crippen molar-refractivity contribution in [3.63, 3.8) is 0 Å². The summed E-state index contributed by atoms with van der Waals surface area (Å²) in [6, 6.07) is 0. The Morgan fingerprint density at radius 1 is 1.38 bits per heavy atom. The van der Waals surface area contributed by atoms with Crippen LogP contribution in [0.4, 0.5) is 0 Å². The molecule has 0 aliphatic heterocycles. The van der Waals surface area contributed by atoms with Gasteiger partial charge < -0.3 is 5.11 Å². The molecule has 0 heterocycles. The molecule has 90 valence electrons. The molecule has 0 aromatic rings. The summed E-state index contributed by atoms with van der Waals surface area (Å²) >= 11 is 0. The van der Waals surface area contributed by atoms with Crippen LogP contribution in [-0.2, 0) is 4.79 Å². The first-order valence-corrected chi connectivity index (χ1v) is 6.19. The summed E-state index contributed by atoms with van der Waals surface area (Å²) in [7, 11) is 0. The Labute approximate surface area is 97.7 Å².